The van der Waals surface area contributed by atoms with Crippen molar-refractivity contribution in [3.8, 4) is 11.5 Å². The Kier molecular flexibility index (Phi) is 2.73. The summed E-state index contributed by atoms with van der Waals surface area (Å²) < 4.78 is 47.2. The molecule has 1 aliphatic rings. The van der Waals surface area contributed by atoms with Gasteiger partial charge in [-0.1, -0.05) is 0 Å². The Bertz CT molecular complexity index is 498. The quantitative estimate of drug-likeness (QED) is 0.840. The largest absolute Gasteiger partial charge is 0.497 e. The van der Waals surface area contributed by atoms with Crippen LogP contribution in [0.15, 0.2) is 18.2 Å². The fourth-order valence-corrected chi connectivity index (χ4v) is 1.63. The molecule has 0 saturated carbocycles. The molecule has 0 fully saturated rings. The zero-order valence-corrected chi connectivity index (χ0v) is 9.25. The number of benzene rings is 1. The van der Waals surface area contributed by atoms with Crippen molar-refractivity contribution in [1.29, 1.82) is 0 Å². The predicted molar refractivity (Wildman–Crippen MR) is 53.6 cm³/mol. The number of Topliss-reactive ketones (excluding diaryl/α,β-unsaturated/α-hetero) is 1. The predicted octanol–water partition coefficient (Wildman–Crippen LogP) is 1.91. The highest BCUT2D eigenvalue weighted by Crippen LogP contribution is 2.42. The summed E-state index contributed by atoms with van der Waals surface area (Å²) in [5, 5.41) is 9.38. The van der Waals surface area contributed by atoms with Crippen molar-refractivity contribution in [1.82, 2.24) is 0 Å². The van der Waals surface area contributed by atoms with Gasteiger partial charge in [-0.2, -0.15) is 13.2 Å². The molecule has 18 heavy (non-hydrogen) atoms. The average Bonchev–Trinajstić information content (AvgIpc) is 2.26. The Morgan fingerprint density at radius 1 is 1.44 bits per heavy atom. The highest BCUT2D eigenvalue weighted by atomic mass is 19.4. The number of hydrogen-bond donors (Lipinski definition) is 1. The van der Waals surface area contributed by atoms with Gasteiger partial charge in [0.05, 0.1) is 19.1 Å². The van der Waals surface area contributed by atoms with Gasteiger partial charge in [0.25, 0.3) is 0 Å². The van der Waals surface area contributed by atoms with Gasteiger partial charge in [0, 0.05) is 6.07 Å². The maximum Gasteiger partial charge on any atom is 0.455 e. The minimum absolute atomic E-state index is 0.00951. The van der Waals surface area contributed by atoms with E-state index in [0.29, 0.717) is 0 Å². The first-order chi connectivity index (χ1) is 8.27. The van der Waals surface area contributed by atoms with Crippen LogP contribution in [-0.2, 0) is 0 Å². The molecule has 0 spiro atoms. The number of fused-ring (bicyclic) bond motifs is 1. The number of rotatable bonds is 1. The topological polar surface area (TPSA) is 55.8 Å². The number of alkyl halides is 3. The number of carbonyl (C=O) groups excluding carboxylic acids is 1. The third kappa shape index (κ3) is 1.90. The van der Waals surface area contributed by atoms with Gasteiger partial charge < -0.3 is 14.6 Å². The molecule has 0 unspecified atom stereocenters. The van der Waals surface area contributed by atoms with Crippen molar-refractivity contribution >= 4 is 5.78 Å². The van der Waals surface area contributed by atoms with Gasteiger partial charge in [0.15, 0.2) is 5.78 Å². The summed E-state index contributed by atoms with van der Waals surface area (Å²) >= 11 is 0. The number of aliphatic hydroxyl groups is 1. The number of hydrogen-bond acceptors (Lipinski definition) is 4. The van der Waals surface area contributed by atoms with Crippen LogP contribution in [-0.4, -0.2) is 30.0 Å². The minimum Gasteiger partial charge on any atom is -0.497 e. The van der Waals surface area contributed by atoms with E-state index in [0.717, 1.165) is 6.07 Å². The molecular formula is C11H9F3O4. The third-order valence-corrected chi connectivity index (χ3v) is 2.61. The van der Waals surface area contributed by atoms with E-state index in [1.54, 1.807) is 0 Å². The Morgan fingerprint density at radius 3 is 2.67 bits per heavy atom. The van der Waals surface area contributed by atoms with Crippen LogP contribution >= 0.6 is 0 Å². The Morgan fingerprint density at radius 2 is 2.11 bits per heavy atom. The molecule has 0 radical (unpaired) electrons. The lowest BCUT2D eigenvalue weighted by Crippen LogP contribution is -2.53. The van der Waals surface area contributed by atoms with Gasteiger partial charge in [-0.3, -0.25) is 4.79 Å². The zero-order chi connectivity index (χ0) is 13.6. The molecule has 0 amide bonds. The maximum atomic E-state index is 12.6. The monoisotopic (exact) mass is 262 g/mol. The van der Waals surface area contributed by atoms with Crippen LogP contribution in [0.3, 0.4) is 0 Å². The molecule has 98 valence electrons. The molecule has 1 N–H and O–H groups in total. The fourth-order valence-electron chi connectivity index (χ4n) is 1.63. The van der Waals surface area contributed by atoms with Crippen molar-refractivity contribution in [3.63, 3.8) is 0 Å². The fraction of sp³-hybridized carbons (Fsp3) is 0.364. The molecule has 1 heterocycles. The standard InChI is InChI=1S/C11H9F3O4/c1-17-6-2-3-7-8(15)5-10(16,11(12,13)14)18-9(7)4-6/h2-4,16H,5H2,1H3/t10-/m1/s1. The second kappa shape index (κ2) is 3.88. The SMILES string of the molecule is COc1ccc2c(c1)O[C@@](O)(C(F)(F)F)CC2=O. The van der Waals surface area contributed by atoms with Crippen LogP contribution in [0.2, 0.25) is 0 Å². The minimum atomic E-state index is -5.05. The summed E-state index contributed by atoms with van der Waals surface area (Å²) in [5.41, 5.74) is -0.00951. The highest BCUT2D eigenvalue weighted by molar-refractivity contribution is 6.00. The first-order valence-electron chi connectivity index (χ1n) is 4.96. The molecule has 1 atom stereocenters. The molecule has 4 nitrogen and oxygen atoms in total. The van der Waals surface area contributed by atoms with E-state index < -0.39 is 24.2 Å². The first kappa shape index (κ1) is 12.7. The van der Waals surface area contributed by atoms with Crippen molar-refractivity contribution in [2.24, 2.45) is 0 Å². The van der Waals surface area contributed by atoms with Gasteiger partial charge in [-0.25, -0.2) is 0 Å². The second-order valence-electron chi connectivity index (χ2n) is 3.85. The number of carbonyl (C=O) groups is 1. The van der Waals surface area contributed by atoms with Gasteiger partial charge >= 0.3 is 12.0 Å². The van der Waals surface area contributed by atoms with Crippen LogP contribution in [0, 0.1) is 0 Å². The van der Waals surface area contributed by atoms with E-state index in [1.165, 1.54) is 19.2 Å². The summed E-state index contributed by atoms with van der Waals surface area (Å²) in [7, 11) is 1.32. The summed E-state index contributed by atoms with van der Waals surface area (Å²) in [6.07, 6.45) is -6.21. The van der Waals surface area contributed by atoms with E-state index in [9.17, 15) is 23.1 Å². The van der Waals surface area contributed by atoms with Crippen LogP contribution in [0.1, 0.15) is 16.8 Å². The van der Waals surface area contributed by atoms with Gasteiger partial charge in [0.1, 0.15) is 11.5 Å². The van der Waals surface area contributed by atoms with Crippen molar-refractivity contribution in [3.05, 3.63) is 23.8 Å². The number of ketones is 1. The lowest BCUT2D eigenvalue weighted by molar-refractivity contribution is -0.334. The van der Waals surface area contributed by atoms with E-state index in [2.05, 4.69) is 4.74 Å². The molecule has 1 aromatic carbocycles. The Labute approximate surface area is 99.9 Å². The second-order valence-corrected chi connectivity index (χ2v) is 3.85. The van der Waals surface area contributed by atoms with Gasteiger partial charge in [-0.15, -0.1) is 0 Å². The number of methoxy groups -OCH3 is 1. The normalized spacial score (nSPS) is 23.3. The van der Waals surface area contributed by atoms with Crippen molar-refractivity contribution in [2.75, 3.05) is 7.11 Å². The van der Waals surface area contributed by atoms with Crippen LogP contribution in [0.25, 0.3) is 0 Å². The molecule has 0 aliphatic carbocycles. The molecule has 0 saturated heterocycles. The molecule has 0 bridgehead atoms. The van der Waals surface area contributed by atoms with Gasteiger partial charge in [0.2, 0.25) is 0 Å². The van der Waals surface area contributed by atoms with Gasteiger partial charge in [-0.05, 0) is 12.1 Å². The molecule has 1 aliphatic heterocycles. The lowest BCUT2D eigenvalue weighted by Gasteiger charge is -2.34. The highest BCUT2D eigenvalue weighted by Gasteiger charge is 2.60. The third-order valence-electron chi connectivity index (χ3n) is 2.61. The zero-order valence-electron chi connectivity index (χ0n) is 9.25. The summed E-state index contributed by atoms with van der Waals surface area (Å²) in [6.45, 7) is 0. The summed E-state index contributed by atoms with van der Waals surface area (Å²) in [6, 6.07) is 3.85. The lowest BCUT2D eigenvalue weighted by atomic mass is 9.98. The molecule has 1 aromatic rings. The van der Waals surface area contributed by atoms with Crippen LogP contribution in [0.5, 0.6) is 11.5 Å². The molecule has 7 heteroatoms. The summed E-state index contributed by atoms with van der Waals surface area (Å²) in [4.78, 5) is 11.6. The van der Waals surface area contributed by atoms with Crippen LogP contribution < -0.4 is 9.47 Å². The van der Waals surface area contributed by atoms with E-state index in [1.807, 2.05) is 0 Å². The summed E-state index contributed by atoms with van der Waals surface area (Å²) in [5.74, 6) is -4.43. The van der Waals surface area contributed by atoms with Crippen molar-refractivity contribution in [2.45, 2.75) is 18.4 Å². The molecule has 2 rings (SSSR count). The number of halogens is 3. The molecular weight excluding hydrogens is 253 g/mol. The smallest absolute Gasteiger partial charge is 0.455 e. The Hall–Kier alpha value is -1.76. The van der Waals surface area contributed by atoms with Crippen LogP contribution in [0.4, 0.5) is 13.2 Å². The maximum absolute atomic E-state index is 12.6. The van der Waals surface area contributed by atoms with E-state index >= 15 is 0 Å². The number of ether oxygens (including phenoxy) is 2. The van der Waals surface area contributed by atoms with Crippen molar-refractivity contribution < 1.29 is 32.5 Å². The average molecular weight is 262 g/mol. The Balaban J connectivity index is 2.47. The molecule has 0 aromatic heterocycles. The van der Waals surface area contributed by atoms with E-state index in [-0.39, 0.29) is 17.1 Å². The first-order valence-corrected chi connectivity index (χ1v) is 4.96. The van der Waals surface area contributed by atoms with E-state index in [4.69, 9.17) is 4.74 Å².